The molecule has 0 aliphatic heterocycles. The number of rotatable bonds is 6. The quantitative estimate of drug-likeness (QED) is 0.825. The van der Waals surface area contributed by atoms with Crippen LogP contribution in [0, 0.1) is 0 Å². The molecule has 0 unspecified atom stereocenters. The van der Waals surface area contributed by atoms with E-state index in [1.54, 1.807) is 31.4 Å². The predicted molar refractivity (Wildman–Crippen MR) is 105 cm³/mol. The fourth-order valence-electron chi connectivity index (χ4n) is 3.42. The second kappa shape index (κ2) is 8.00. The van der Waals surface area contributed by atoms with Crippen molar-refractivity contribution in [2.24, 2.45) is 0 Å². The van der Waals surface area contributed by atoms with E-state index in [1.165, 1.54) is 5.56 Å². The summed E-state index contributed by atoms with van der Waals surface area (Å²) in [6.07, 6.45) is 3.95. The summed E-state index contributed by atoms with van der Waals surface area (Å²) in [4.78, 5) is 12.6. The summed E-state index contributed by atoms with van der Waals surface area (Å²) in [6.45, 7) is -0.260. The number of nitrogens with one attached hydrogen (secondary N) is 1. The Hall–Kier alpha value is -2.54. The second-order valence-corrected chi connectivity index (χ2v) is 8.59. The first-order valence-electron chi connectivity index (χ1n) is 8.87. The number of nitrogens with zero attached hydrogens (tertiary/aromatic N) is 1. The first-order chi connectivity index (χ1) is 12.9. The van der Waals surface area contributed by atoms with E-state index in [2.05, 4.69) is 11.4 Å². The zero-order valence-corrected chi connectivity index (χ0v) is 16.3. The fraction of sp³-hybridized carbons (Fsp3) is 0.350. The number of ether oxygens (including phenoxy) is 1. The number of sulfonamides is 1. The van der Waals surface area contributed by atoms with E-state index in [0.29, 0.717) is 11.4 Å². The van der Waals surface area contributed by atoms with Crippen molar-refractivity contribution in [1.82, 2.24) is 5.32 Å². The van der Waals surface area contributed by atoms with Gasteiger partial charge in [0.05, 0.1) is 25.1 Å². The fourth-order valence-corrected chi connectivity index (χ4v) is 4.28. The van der Waals surface area contributed by atoms with Gasteiger partial charge in [0.25, 0.3) is 0 Å². The van der Waals surface area contributed by atoms with Gasteiger partial charge < -0.3 is 10.1 Å². The molecule has 1 N–H and O–H groups in total. The first kappa shape index (κ1) is 19.2. The van der Waals surface area contributed by atoms with Crippen LogP contribution < -0.4 is 14.4 Å². The Bertz CT molecular complexity index is 910. The van der Waals surface area contributed by atoms with Crippen LogP contribution in [-0.2, 0) is 21.2 Å². The van der Waals surface area contributed by atoms with E-state index in [0.717, 1.165) is 35.4 Å². The third-order valence-corrected chi connectivity index (χ3v) is 5.89. The molecule has 2 aromatic rings. The van der Waals surface area contributed by atoms with E-state index in [9.17, 15) is 13.2 Å². The standard InChI is InChI=1S/C20H24N2O4S/c1-26-17-12-10-16(11-13-17)22(27(2,24)25)14-20(23)21-19-9-5-7-15-6-3-4-8-18(15)19/h3-4,6,8,10-13,19H,5,7,9,14H2,1-2H3,(H,21,23)/t19-/m0/s1. The Morgan fingerprint density at radius 2 is 1.89 bits per heavy atom. The van der Waals surface area contributed by atoms with Crippen LogP contribution in [-0.4, -0.2) is 34.2 Å². The molecule has 0 saturated carbocycles. The number of carbonyl (C=O) groups excluding carboxylic acids is 1. The number of hydrogen-bond donors (Lipinski definition) is 1. The van der Waals surface area contributed by atoms with Gasteiger partial charge in [-0.25, -0.2) is 8.42 Å². The number of methoxy groups -OCH3 is 1. The van der Waals surface area contributed by atoms with Gasteiger partial charge in [-0.3, -0.25) is 9.10 Å². The summed E-state index contributed by atoms with van der Waals surface area (Å²) in [7, 11) is -2.06. The number of aryl methyl sites for hydroxylation is 1. The molecule has 144 valence electrons. The number of hydrogen-bond acceptors (Lipinski definition) is 4. The predicted octanol–water partition coefficient (Wildman–Crippen LogP) is 2.66. The topological polar surface area (TPSA) is 75.7 Å². The summed E-state index contributed by atoms with van der Waals surface area (Å²) >= 11 is 0. The summed E-state index contributed by atoms with van der Waals surface area (Å²) < 4.78 is 30.7. The highest BCUT2D eigenvalue weighted by Crippen LogP contribution is 2.29. The van der Waals surface area contributed by atoms with Gasteiger partial charge in [-0.2, -0.15) is 0 Å². The van der Waals surface area contributed by atoms with Gasteiger partial charge in [0, 0.05) is 0 Å². The minimum Gasteiger partial charge on any atom is -0.497 e. The number of carbonyl (C=O) groups is 1. The van der Waals surface area contributed by atoms with Crippen LogP contribution in [0.1, 0.15) is 30.0 Å². The first-order valence-corrected chi connectivity index (χ1v) is 10.7. The van der Waals surface area contributed by atoms with E-state index >= 15 is 0 Å². The lowest BCUT2D eigenvalue weighted by molar-refractivity contribution is -0.120. The number of fused-ring (bicyclic) bond motifs is 1. The van der Waals surface area contributed by atoms with Crippen LogP contribution >= 0.6 is 0 Å². The Morgan fingerprint density at radius 1 is 1.19 bits per heavy atom. The molecule has 0 radical (unpaired) electrons. The summed E-state index contributed by atoms with van der Waals surface area (Å²) in [5.41, 5.74) is 2.79. The molecule has 0 spiro atoms. The van der Waals surface area contributed by atoms with Crippen LogP contribution in [0.4, 0.5) is 5.69 Å². The van der Waals surface area contributed by atoms with Crippen LogP contribution in [0.25, 0.3) is 0 Å². The molecule has 0 heterocycles. The molecule has 1 amide bonds. The highest BCUT2D eigenvalue weighted by Gasteiger charge is 2.25. The molecule has 3 rings (SSSR count). The molecule has 6 nitrogen and oxygen atoms in total. The molecule has 27 heavy (non-hydrogen) atoms. The number of benzene rings is 2. The molecule has 7 heteroatoms. The van der Waals surface area contributed by atoms with Crippen LogP contribution in [0.15, 0.2) is 48.5 Å². The summed E-state index contributed by atoms with van der Waals surface area (Å²) in [5.74, 6) is 0.299. The van der Waals surface area contributed by atoms with Gasteiger partial charge in [-0.15, -0.1) is 0 Å². The smallest absolute Gasteiger partial charge is 0.241 e. The third-order valence-electron chi connectivity index (χ3n) is 4.75. The van der Waals surface area contributed by atoms with Crippen molar-refractivity contribution in [3.8, 4) is 5.75 Å². The average molecular weight is 388 g/mol. The molecular weight excluding hydrogens is 364 g/mol. The lowest BCUT2D eigenvalue weighted by Gasteiger charge is -2.28. The van der Waals surface area contributed by atoms with E-state index in [-0.39, 0.29) is 18.5 Å². The Kier molecular flexibility index (Phi) is 5.70. The highest BCUT2D eigenvalue weighted by molar-refractivity contribution is 7.92. The van der Waals surface area contributed by atoms with Crippen molar-refractivity contribution < 1.29 is 17.9 Å². The Morgan fingerprint density at radius 3 is 2.56 bits per heavy atom. The van der Waals surface area contributed by atoms with Gasteiger partial charge in [0.2, 0.25) is 15.9 Å². The molecule has 1 atom stereocenters. The van der Waals surface area contributed by atoms with Crippen molar-refractivity contribution in [3.05, 3.63) is 59.7 Å². The minimum atomic E-state index is -3.60. The third kappa shape index (κ3) is 4.60. The molecule has 0 saturated heterocycles. The van der Waals surface area contributed by atoms with E-state index < -0.39 is 10.0 Å². The lowest BCUT2D eigenvalue weighted by atomic mass is 9.88. The van der Waals surface area contributed by atoms with Crippen LogP contribution in [0.2, 0.25) is 0 Å². The highest BCUT2D eigenvalue weighted by atomic mass is 32.2. The van der Waals surface area contributed by atoms with Gasteiger partial charge in [-0.1, -0.05) is 24.3 Å². The largest absolute Gasteiger partial charge is 0.497 e. The molecule has 0 aromatic heterocycles. The number of anilines is 1. The van der Waals surface area contributed by atoms with Crippen molar-refractivity contribution in [2.45, 2.75) is 25.3 Å². The Balaban J connectivity index is 1.76. The maximum atomic E-state index is 12.6. The maximum absolute atomic E-state index is 12.6. The molecule has 2 aromatic carbocycles. The average Bonchev–Trinajstić information content (AvgIpc) is 2.66. The molecule has 0 fully saturated rings. The zero-order chi connectivity index (χ0) is 19.4. The minimum absolute atomic E-state index is 0.0836. The van der Waals surface area contributed by atoms with E-state index in [4.69, 9.17) is 4.74 Å². The molecule has 0 bridgehead atoms. The van der Waals surface area contributed by atoms with Crippen molar-refractivity contribution in [3.63, 3.8) is 0 Å². The number of amides is 1. The normalized spacial score (nSPS) is 16.3. The van der Waals surface area contributed by atoms with Crippen LogP contribution in [0.3, 0.4) is 0 Å². The van der Waals surface area contributed by atoms with Crippen LogP contribution in [0.5, 0.6) is 5.75 Å². The monoisotopic (exact) mass is 388 g/mol. The summed E-state index contributed by atoms with van der Waals surface area (Å²) in [5, 5.41) is 3.00. The van der Waals surface area contributed by atoms with Gasteiger partial charge in [0.15, 0.2) is 0 Å². The zero-order valence-electron chi connectivity index (χ0n) is 15.5. The lowest BCUT2D eigenvalue weighted by Crippen LogP contribution is -2.42. The van der Waals surface area contributed by atoms with Crippen molar-refractivity contribution >= 4 is 21.6 Å². The Labute approximate surface area is 160 Å². The van der Waals surface area contributed by atoms with E-state index in [1.807, 2.05) is 18.2 Å². The SMILES string of the molecule is COc1ccc(N(CC(=O)N[C@H]2CCCc3ccccc32)S(C)(=O)=O)cc1. The van der Waals surface area contributed by atoms with Crippen molar-refractivity contribution in [1.29, 1.82) is 0 Å². The van der Waals surface area contributed by atoms with Gasteiger partial charge in [0.1, 0.15) is 12.3 Å². The van der Waals surface area contributed by atoms with Gasteiger partial charge in [-0.05, 0) is 54.7 Å². The molecular formula is C20H24N2O4S. The molecule has 1 aliphatic rings. The summed E-state index contributed by atoms with van der Waals surface area (Å²) in [6, 6.07) is 14.6. The maximum Gasteiger partial charge on any atom is 0.241 e. The second-order valence-electron chi connectivity index (χ2n) is 6.68. The molecule has 1 aliphatic carbocycles. The van der Waals surface area contributed by atoms with Crippen molar-refractivity contribution in [2.75, 3.05) is 24.2 Å². The van der Waals surface area contributed by atoms with Gasteiger partial charge >= 0.3 is 0 Å².